The number of fused-ring (bicyclic) bond motifs is 3. The Morgan fingerprint density at radius 3 is 2.51 bits per heavy atom. The molecule has 2 aromatic carbocycles. The number of imidazole rings is 1. The summed E-state index contributed by atoms with van der Waals surface area (Å²) >= 11 is 0. The summed E-state index contributed by atoms with van der Waals surface area (Å²) in [5.41, 5.74) is 3.49. The predicted molar refractivity (Wildman–Crippen MR) is 148 cm³/mol. The van der Waals surface area contributed by atoms with Crippen molar-refractivity contribution in [2.45, 2.75) is 65.8 Å². The van der Waals surface area contributed by atoms with E-state index in [2.05, 4.69) is 33.4 Å². The van der Waals surface area contributed by atoms with Gasteiger partial charge in [0.05, 0.1) is 11.0 Å². The molecule has 0 radical (unpaired) electrons. The Morgan fingerprint density at radius 1 is 1.00 bits per heavy atom. The van der Waals surface area contributed by atoms with Gasteiger partial charge in [0.1, 0.15) is 23.5 Å². The zero-order valence-electron chi connectivity index (χ0n) is 22.2. The van der Waals surface area contributed by atoms with Crippen LogP contribution in [0.4, 0.5) is 10.6 Å². The van der Waals surface area contributed by atoms with Crippen molar-refractivity contribution < 1.29 is 14.3 Å². The van der Waals surface area contributed by atoms with Crippen LogP contribution in [0, 0.1) is 0 Å². The highest BCUT2D eigenvalue weighted by Gasteiger charge is 2.19. The molecule has 37 heavy (non-hydrogen) atoms. The number of rotatable bonds is 11. The van der Waals surface area contributed by atoms with Crippen molar-refractivity contribution >= 4 is 33.8 Å². The molecule has 1 amide bonds. The van der Waals surface area contributed by atoms with Gasteiger partial charge in [-0.15, -0.1) is 0 Å². The first-order valence-electron chi connectivity index (χ1n) is 13.0. The summed E-state index contributed by atoms with van der Waals surface area (Å²) in [5.74, 6) is 1.64. The molecule has 0 aliphatic carbocycles. The maximum Gasteiger partial charge on any atom is 0.407 e. The Morgan fingerprint density at radius 2 is 1.76 bits per heavy atom. The first-order chi connectivity index (χ1) is 17.9. The molecular weight excluding hydrogens is 466 g/mol. The second-order valence-electron chi connectivity index (χ2n) is 9.97. The summed E-state index contributed by atoms with van der Waals surface area (Å²) in [4.78, 5) is 21.9. The van der Waals surface area contributed by atoms with E-state index in [1.165, 1.54) is 5.56 Å². The van der Waals surface area contributed by atoms with E-state index < -0.39 is 5.60 Å². The van der Waals surface area contributed by atoms with E-state index in [9.17, 15) is 4.79 Å². The van der Waals surface area contributed by atoms with Gasteiger partial charge in [0.2, 0.25) is 0 Å². The van der Waals surface area contributed by atoms with E-state index in [4.69, 9.17) is 19.4 Å². The number of amides is 1. The van der Waals surface area contributed by atoms with Gasteiger partial charge < -0.3 is 24.7 Å². The van der Waals surface area contributed by atoms with Crippen LogP contribution in [0.15, 0.2) is 54.6 Å². The second kappa shape index (κ2) is 12.1. The molecule has 0 spiro atoms. The topological polar surface area (TPSA) is 90.3 Å². The number of benzene rings is 2. The standard InChI is InChI=1S/C29H37N5O3/c1-5-36-20-24-33-25-26(34(24)18-12-11-17-30-28(35)37-29(2,3)4)22-15-9-10-16-23(22)32-27(25)31-19-21-13-7-6-8-14-21/h6-10,13-16H,5,11-12,17-20H2,1-4H3,(H,30,35)(H,31,32). The molecule has 2 aromatic heterocycles. The third-order valence-corrected chi connectivity index (χ3v) is 5.88. The monoisotopic (exact) mass is 503 g/mol. The fourth-order valence-corrected chi connectivity index (χ4v) is 4.23. The number of para-hydroxylation sites is 1. The van der Waals surface area contributed by atoms with Crippen molar-refractivity contribution in [2.24, 2.45) is 0 Å². The first kappa shape index (κ1) is 26.4. The number of carbonyl (C=O) groups is 1. The Balaban J connectivity index is 1.59. The largest absolute Gasteiger partial charge is 0.444 e. The van der Waals surface area contributed by atoms with Gasteiger partial charge in [-0.1, -0.05) is 48.5 Å². The van der Waals surface area contributed by atoms with E-state index in [0.717, 1.165) is 53.0 Å². The molecule has 0 saturated heterocycles. The summed E-state index contributed by atoms with van der Waals surface area (Å²) in [6.45, 7) is 10.6. The van der Waals surface area contributed by atoms with E-state index in [1.54, 1.807) is 0 Å². The van der Waals surface area contributed by atoms with Crippen LogP contribution in [-0.4, -0.2) is 39.4 Å². The van der Waals surface area contributed by atoms with Gasteiger partial charge in [-0.25, -0.2) is 14.8 Å². The summed E-state index contributed by atoms with van der Waals surface area (Å²) in [6, 6.07) is 18.4. The number of nitrogens with zero attached hydrogens (tertiary/aromatic N) is 3. The van der Waals surface area contributed by atoms with Crippen LogP contribution >= 0.6 is 0 Å². The van der Waals surface area contributed by atoms with Gasteiger partial charge in [0.25, 0.3) is 0 Å². The third kappa shape index (κ3) is 6.98. The van der Waals surface area contributed by atoms with E-state index in [0.29, 0.717) is 26.3 Å². The maximum absolute atomic E-state index is 12.0. The molecule has 2 N–H and O–H groups in total. The average Bonchev–Trinajstić information content (AvgIpc) is 3.24. The number of unbranched alkanes of at least 4 members (excludes halogenated alkanes) is 1. The molecular formula is C29H37N5O3. The van der Waals surface area contributed by atoms with Crippen LogP contribution in [-0.2, 0) is 29.2 Å². The number of carbonyl (C=O) groups excluding carboxylic acids is 1. The minimum Gasteiger partial charge on any atom is -0.444 e. The summed E-state index contributed by atoms with van der Waals surface area (Å²) in [5, 5.41) is 7.42. The van der Waals surface area contributed by atoms with Crippen LogP contribution in [0.1, 0.15) is 51.9 Å². The molecule has 8 nitrogen and oxygen atoms in total. The molecule has 0 unspecified atom stereocenters. The van der Waals surface area contributed by atoms with Gasteiger partial charge in [0.15, 0.2) is 5.82 Å². The highest BCUT2D eigenvalue weighted by atomic mass is 16.6. The predicted octanol–water partition coefficient (Wildman–Crippen LogP) is 6.04. The van der Waals surface area contributed by atoms with E-state index >= 15 is 0 Å². The molecule has 4 aromatic rings. The number of anilines is 1. The zero-order valence-corrected chi connectivity index (χ0v) is 22.2. The van der Waals surface area contributed by atoms with Gasteiger partial charge in [-0.3, -0.25) is 0 Å². The number of aromatic nitrogens is 3. The minimum atomic E-state index is -0.505. The second-order valence-corrected chi connectivity index (χ2v) is 9.97. The highest BCUT2D eigenvalue weighted by molar-refractivity contribution is 6.07. The normalized spacial score (nSPS) is 11.7. The smallest absolute Gasteiger partial charge is 0.407 e. The third-order valence-electron chi connectivity index (χ3n) is 5.88. The Hall–Kier alpha value is -3.65. The molecule has 0 fully saturated rings. The number of aryl methyl sites for hydroxylation is 1. The number of nitrogens with one attached hydrogen (secondary N) is 2. The van der Waals surface area contributed by atoms with Gasteiger partial charge >= 0.3 is 6.09 Å². The average molecular weight is 504 g/mol. The molecule has 8 heteroatoms. The highest BCUT2D eigenvalue weighted by Crippen LogP contribution is 2.31. The molecule has 0 aliphatic rings. The van der Waals surface area contributed by atoms with Crippen molar-refractivity contribution in [3.8, 4) is 0 Å². The van der Waals surface area contributed by atoms with E-state index in [1.807, 2.05) is 64.1 Å². The lowest BCUT2D eigenvalue weighted by molar-refractivity contribution is 0.0527. The van der Waals surface area contributed by atoms with Gasteiger partial charge in [-0.05, 0) is 52.2 Å². The van der Waals surface area contributed by atoms with Crippen molar-refractivity contribution in [3.63, 3.8) is 0 Å². The molecule has 196 valence electrons. The van der Waals surface area contributed by atoms with Gasteiger partial charge in [0, 0.05) is 31.6 Å². The molecule has 4 rings (SSSR count). The number of hydrogen-bond donors (Lipinski definition) is 2. The molecule has 0 saturated carbocycles. The van der Waals surface area contributed by atoms with Crippen LogP contribution < -0.4 is 10.6 Å². The lowest BCUT2D eigenvalue weighted by atomic mass is 10.1. The number of pyridine rings is 1. The van der Waals surface area contributed by atoms with E-state index in [-0.39, 0.29) is 6.09 Å². The van der Waals surface area contributed by atoms with Crippen LogP contribution in [0.2, 0.25) is 0 Å². The van der Waals surface area contributed by atoms with Gasteiger partial charge in [-0.2, -0.15) is 0 Å². The van der Waals surface area contributed by atoms with Crippen molar-refractivity contribution in [2.75, 3.05) is 18.5 Å². The zero-order chi connectivity index (χ0) is 26.3. The van der Waals surface area contributed by atoms with Crippen LogP contribution in [0.25, 0.3) is 21.9 Å². The Bertz CT molecular complexity index is 1330. The number of hydrogen-bond acceptors (Lipinski definition) is 6. The van der Waals surface area contributed by atoms with Crippen molar-refractivity contribution in [1.29, 1.82) is 0 Å². The molecule has 2 heterocycles. The van der Waals surface area contributed by atoms with Crippen molar-refractivity contribution in [1.82, 2.24) is 19.9 Å². The lowest BCUT2D eigenvalue weighted by Gasteiger charge is -2.19. The summed E-state index contributed by atoms with van der Waals surface area (Å²) in [6.07, 6.45) is 1.29. The SMILES string of the molecule is CCOCc1nc2c(NCc3ccccc3)nc3ccccc3c2n1CCCCNC(=O)OC(C)(C)C. The van der Waals surface area contributed by atoms with Crippen LogP contribution in [0.5, 0.6) is 0 Å². The van der Waals surface area contributed by atoms with Crippen molar-refractivity contribution in [3.05, 3.63) is 66.0 Å². The molecule has 0 bridgehead atoms. The maximum atomic E-state index is 12.0. The van der Waals surface area contributed by atoms with Crippen LogP contribution in [0.3, 0.4) is 0 Å². The fraction of sp³-hybridized carbons (Fsp3) is 0.414. The summed E-state index contributed by atoms with van der Waals surface area (Å²) < 4.78 is 13.4. The number of ether oxygens (including phenoxy) is 2. The fourth-order valence-electron chi connectivity index (χ4n) is 4.23. The molecule has 0 atom stereocenters. The lowest BCUT2D eigenvalue weighted by Crippen LogP contribution is -2.33. The first-order valence-corrected chi connectivity index (χ1v) is 13.0. The Kier molecular flexibility index (Phi) is 8.61. The minimum absolute atomic E-state index is 0.385. The molecule has 0 aliphatic heterocycles. The number of alkyl carbamates (subject to hydrolysis) is 1. The summed E-state index contributed by atoms with van der Waals surface area (Å²) in [7, 11) is 0. The Labute approximate surface area is 218 Å². The quantitative estimate of drug-likeness (QED) is 0.243.